The summed E-state index contributed by atoms with van der Waals surface area (Å²) in [7, 11) is 3.46. The number of aryl methyl sites for hydroxylation is 4. The van der Waals surface area contributed by atoms with E-state index in [1.807, 2.05) is 46.0 Å². The van der Waals surface area contributed by atoms with Crippen molar-refractivity contribution in [3.63, 3.8) is 0 Å². The Hall–Kier alpha value is -2.96. The molecule has 0 aliphatic heterocycles. The van der Waals surface area contributed by atoms with Gasteiger partial charge in [-0.05, 0) is 50.5 Å². The number of amides is 1. The van der Waals surface area contributed by atoms with Crippen LogP contribution in [0.4, 0.5) is 0 Å². The third kappa shape index (κ3) is 3.92. The molecule has 1 amide bonds. The molecule has 0 aliphatic rings. The first kappa shape index (κ1) is 18.8. The average Bonchev–Trinajstić information content (AvgIpc) is 2.96. The largest absolute Gasteiger partial charge is 0.479 e. The van der Waals surface area contributed by atoms with E-state index in [-0.39, 0.29) is 5.91 Å². The number of carbonyl (C=O) groups is 1. The molecule has 0 spiro atoms. The minimum atomic E-state index is -0.00430. The number of nitrogens with one attached hydrogen (secondary N) is 1. The first-order valence-corrected chi connectivity index (χ1v) is 8.96. The van der Waals surface area contributed by atoms with Gasteiger partial charge in [0.05, 0.1) is 24.7 Å². The molecule has 0 atom stereocenters. The zero-order valence-electron chi connectivity index (χ0n) is 16.5. The van der Waals surface area contributed by atoms with Crippen LogP contribution in [-0.2, 0) is 24.8 Å². The van der Waals surface area contributed by atoms with Crippen molar-refractivity contribution in [2.45, 2.75) is 40.2 Å². The molecule has 0 unspecified atom stereocenters. The summed E-state index contributed by atoms with van der Waals surface area (Å²) in [6.45, 7) is 6.37. The van der Waals surface area contributed by atoms with Crippen LogP contribution in [0.5, 0.6) is 5.88 Å². The second kappa shape index (κ2) is 7.73. The van der Waals surface area contributed by atoms with Gasteiger partial charge in [0.15, 0.2) is 5.65 Å². The van der Waals surface area contributed by atoms with Gasteiger partial charge in [0.2, 0.25) is 11.8 Å². The van der Waals surface area contributed by atoms with Crippen LogP contribution in [0.3, 0.4) is 0 Å². The summed E-state index contributed by atoms with van der Waals surface area (Å²) >= 11 is 0. The predicted molar refractivity (Wildman–Crippen MR) is 104 cm³/mol. The Labute approximate surface area is 158 Å². The lowest BCUT2D eigenvalue weighted by molar-refractivity contribution is -0.121. The molecular weight excluding hydrogens is 342 g/mol. The molecule has 0 fully saturated rings. The van der Waals surface area contributed by atoms with Crippen molar-refractivity contribution in [1.29, 1.82) is 0 Å². The van der Waals surface area contributed by atoms with E-state index >= 15 is 0 Å². The van der Waals surface area contributed by atoms with E-state index in [0.29, 0.717) is 25.3 Å². The van der Waals surface area contributed by atoms with Crippen LogP contribution in [0.1, 0.15) is 34.6 Å². The Balaban J connectivity index is 1.72. The van der Waals surface area contributed by atoms with E-state index in [9.17, 15) is 4.79 Å². The third-order valence-electron chi connectivity index (χ3n) is 4.73. The van der Waals surface area contributed by atoms with Gasteiger partial charge >= 0.3 is 0 Å². The van der Waals surface area contributed by atoms with Crippen molar-refractivity contribution >= 4 is 16.9 Å². The summed E-state index contributed by atoms with van der Waals surface area (Å²) in [6.07, 6.45) is 1.01. The summed E-state index contributed by atoms with van der Waals surface area (Å²) in [6, 6.07) is 5.79. The molecule has 7 heteroatoms. The molecule has 0 aromatic carbocycles. The van der Waals surface area contributed by atoms with Gasteiger partial charge in [-0.2, -0.15) is 0 Å². The highest BCUT2D eigenvalue weighted by Gasteiger charge is 2.18. The number of hydrogen-bond acceptors (Lipinski definition) is 5. The topological polar surface area (TPSA) is 81.9 Å². The number of methoxy groups -OCH3 is 1. The molecule has 142 valence electrons. The molecule has 3 aromatic heterocycles. The monoisotopic (exact) mass is 367 g/mol. The fraction of sp³-hybridized carbons (Fsp3) is 0.400. The maximum absolute atomic E-state index is 12.3. The number of carbonyl (C=O) groups excluding carboxylic acids is 1. The minimum absolute atomic E-state index is 0.00430. The Morgan fingerprint density at radius 3 is 2.70 bits per heavy atom. The SMILES string of the molecule is COc1nn(C)c2nc(C)c(CCC(=O)NCc3cccc(C)n3)c(C)c12. The number of nitrogens with zero attached hydrogens (tertiary/aromatic N) is 4. The first-order chi connectivity index (χ1) is 12.9. The van der Waals surface area contributed by atoms with Crippen LogP contribution in [-0.4, -0.2) is 32.8 Å². The Bertz CT molecular complexity index is 994. The minimum Gasteiger partial charge on any atom is -0.479 e. The number of fused-ring (bicyclic) bond motifs is 1. The van der Waals surface area contributed by atoms with Crippen molar-refractivity contribution in [3.8, 4) is 5.88 Å². The van der Waals surface area contributed by atoms with Crippen LogP contribution in [0.15, 0.2) is 18.2 Å². The summed E-state index contributed by atoms with van der Waals surface area (Å²) in [5.41, 5.74) is 5.64. The molecule has 3 heterocycles. The summed E-state index contributed by atoms with van der Waals surface area (Å²) < 4.78 is 7.11. The van der Waals surface area contributed by atoms with Crippen LogP contribution in [0.25, 0.3) is 11.0 Å². The number of hydrogen-bond donors (Lipinski definition) is 1. The highest BCUT2D eigenvalue weighted by Crippen LogP contribution is 2.30. The lowest BCUT2D eigenvalue weighted by Crippen LogP contribution is -2.23. The van der Waals surface area contributed by atoms with E-state index < -0.39 is 0 Å². The van der Waals surface area contributed by atoms with Gasteiger partial charge in [0.25, 0.3) is 0 Å². The van der Waals surface area contributed by atoms with E-state index in [1.165, 1.54) is 0 Å². The molecule has 27 heavy (non-hydrogen) atoms. The average molecular weight is 367 g/mol. The van der Waals surface area contributed by atoms with Crippen molar-refractivity contribution in [1.82, 2.24) is 25.1 Å². The van der Waals surface area contributed by atoms with Crippen molar-refractivity contribution < 1.29 is 9.53 Å². The van der Waals surface area contributed by atoms with Crippen LogP contribution < -0.4 is 10.1 Å². The van der Waals surface area contributed by atoms with Gasteiger partial charge in [-0.1, -0.05) is 6.07 Å². The molecule has 0 aliphatic carbocycles. The van der Waals surface area contributed by atoms with Crippen LogP contribution in [0, 0.1) is 20.8 Å². The molecule has 3 aromatic rings. The van der Waals surface area contributed by atoms with Crippen molar-refractivity contribution in [2.24, 2.45) is 7.05 Å². The maximum atomic E-state index is 12.3. The van der Waals surface area contributed by atoms with Crippen LogP contribution >= 0.6 is 0 Å². The zero-order valence-corrected chi connectivity index (χ0v) is 16.5. The highest BCUT2D eigenvalue weighted by atomic mass is 16.5. The van der Waals surface area contributed by atoms with Crippen molar-refractivity contribution in [3.05, 3.63) is 46.4 Å². The maximum Gasteiger partial charge on any atom is 0.242 e. The molecule has 0 saturated heterocycles. The summed E-state index contributed by atoms with van der Waals surface area (Å²) in [5.74, 6) is 0.559. The fourth-order valence-corrected chi connectivity index (χ4v) is 3.32. The van der Waals surface area contributed by atoms with Gasteiger partial charge < -0.3 is 10.1 Å². The normalized spacial score (nSPS) is 11.0. The molecule has 3 rings (SSSR count). The second-order valence-corrected chi connectivity index (χ2v) is 6.68. The van der Waals surface area contributed by atoms with Gasteiger partial charge in [-0.3, -0.25) is 9.78 Å². The summed E-state index contributed by atoms with van der Waals surface area (Å²) in [5, 5.41) is 8.21. The Kier molecular flexibility index (Phi) is 5.39. The highest BCUT2D eigenvalue weighted by molar-refractivity contribution is 5.86. The van der Waals surface area contributed by atoms with Crippen LogP contribution in [0.2, 0.25) is 0 Å². The van der Waals surface area contributed by atoms with Gasteiger partial charge in [-0.25, -0.2) is 9.67 Å². The van der Waals surface area contributed by atoms with E-state index in [1.54, 1.807) is 11.8 Å². The van der Waals surface area contributed by atoms with E-state index in [2.05, 4.69) is 20.4 Å². The smallest absolute Gasteiger partial charge is 0.242 e. The van der Waals surface area contributed by atoms with Gasteiger partial charge in [0.1, 0.15) is 0 Å². The molecule has 0 saturated carbocycles. The molecule has 7 nitrogen and oxygen atoms in total. The molecule has 1 N–H and O–H groups in total. The van der Waals surface area contributed by atoms with Crippen molar-refractivity contribution in [2.75, 3.05) is 7.11 Å². The number of rotatable bonds is 6. The predicted octanol–water partition coefficient (Wildman–Crippen LogP) is 2.55. The Morgan fingerprint density at radius 1 is 1.22 bits per heavy atom. The van der Waals surface area contributed by atoms with Gasteiger partial charge in [0, 0.05) is 24.9 Å². The zero-order chi connectivity index (χ0) is 19.6. The molecular formula is C20H25N5O2. The quantitative estimate of drug-likeness (QED) is 0.724. The Morgan fingerprint density at radius 2 is 2.00 bits per heavy atom. The lowest BCUT2D eigenvalue weighted by Gasteiger charge is -2.11. The number of aromatic nitrogens is 4. The summed E-state index contributed by atoms with van der Waals surface area (Å²) in [4.78, 5) is 21.4. The third-order valence-corrected chi connectivity index (χ3v) is 4.73. The molecule has 0 bridgehead atoms. The lowest BCUT2D eigenvalue weighted by atomic mass is 10.00. The van der Waals surface area contributed by atoms with E-state index in [4.69, 9.17) is 4.74 Å². The van der Waals surface area contributed by atoms with Gasteiger partial charge in [-0.15, -0.1) is 5.10 Å². The molecule has 0 radical (unpaired) electrons. The fourth-order valence-electron chi connectivity index (χ4n) is 3.32. The number of ether oxygens (including phenoxy) is 1. The van der Waals surface area contributed by atoms with E-state index in [0.717, 1.165) is 39.2 Å². The number of pyridine rings is 2. The first-order valence-electron chi connectivity index (χ1n) is 8.96. The standard InChI is InChI=1S/C20H25N5O2/c1-12-7-6-8-15(22-12)11-21-17(26)10-9-16-13(2)18-19(23-14(16)3)25(4)24-20(18)27-5/h6-8H,9-11H2,1-5H3,(H,21,26). The second-order valence-electron chi connectivity index (χ2n) is 6.68.